The molecule has 0 bridgehead atoms. The van der Waals surface area contributed by atoms with E-state index in [1.54, 1.807) is 0 Å². The van der Waals surface area contributed by atoms with Gasteiger partial charge in [0.2, 0.25) is 0 Å². The number of benzene rings is 2. The lowest BCUT2D eigenvalue weighted by molar-refractivity contribution is 0.0686. The molecule has 1 N–H and O–H groups in total. The smallest absolute Gasteiger partial charge is 0.341 e. The average Bonchev–Trinajstić information content (AvgIpc) is 2.80. The minimum Gasteiger partial charge on any atom is -0.477 e. The van der Waals surface area contributed by atoms with E-state index in [1.165, 1.54) is 32.1 Å². The molecule has 1 aliphatic carbocycles. The van der Waals surface area contributed by atoms with E-state index < -0.39 is 51.7 Å². The summed E-state index contributed by atoms with van der Waals surface area (Å²) in [6.45, 7) is 2.18. The van der Waals surface area contributed by atoms with Crippen molar-refractivity contribution < 1.29 is 31.9 Å². The van der Waals surface area contributed by atoms with Crippen LogP contribution in [0.5, 0.6) is 0 Å². The van der Waals surface area contributed by atoms with Crippen LogP contribution in [0.2, 0.25) is 0 Å². The topological polar surface area (TPSA) is 37.3 Å². The maximum atomic E-state index is 15.3. The zero-order chi connectivity index (χ0) is 24.8. The minimum absolute atomic E-state index is 0.0999. The zero-order valence-electron chi connectivity index (χ0n) is 19.4. The highest BCUT2D eigenvalue weighted by Crippen LogP contribution is 2.44. The van der Waals surface area contributed by atoms with Crippen LogP contribution in [0.4, 0.5) is 22.0 Å². The minimum atomic E-state index is -1.85. The summed E-state index contributed by atoms with van der Waals surface area (Å²) in [4.78, 5) is 11.4. The van der Waals surface area contributed by atoms with E-state index in [1.807, 2.05) is 0 Å². The van der Waals surface area contributed by atoms with Crippen molar-refractivity contribution in [1.82, 2.24) is 0 Å². The van der Waals surface area contributed by atoms with E-state index in [4.69, 9.17) is 0 Å². The van der Waals surface area contributed by atoms with E-state index in [9.17, 15) is 27.5 Å². The molecule has 2 nitrogen and oxygen atoms in total. The highest BCUT2D eigenvalue weighted by molar-refractivity contribution is 5.91. The van der Waals surface area contributed by atoms with Crippen LogP contribution in [0.1, 0.15) is 99.4 Å². The SMILES string of the molecule is CCCCCCCCC1CCC(c2cc(F)c(C(=O)O)c(F)c2-c2ccc(F)c(F)c2F)CC1. The molecule has 186 valence electrons. The summed E-state index contributed by atoms with van der Waals surface area (Å²) in [5, 5.41) is 9.26. The van der Waals surface area contributed by atoms with E-state index in [0.29, 0.717) is 24.8 Å². The molecule has 1 aliphatic rings. The monoisotopic (exact) mass is 482 g/mol. The van der Waals surface area contributed by atoms with Gasteiger partial charge in [-0.05, 0) is 61.3 Å². The van der Waals surface area contributed by atoms with E-state index in [2.05, 4.69) is 6.92 Å². The Morgan fingerprint density at radius 3 is 2.15 bits per heavy atom. The van der Waals surface area contributed by atoms with Crippen LogP contribution in [-0.4, -0.2) is 11.1 Å². The fourth-order valence-corrected chi connectivity index (χ4v) is 5.12. The molecule has 0 aromatic heterocycles. The summed E-state index contributed by atoms with van der Waals surface area (Å²) in [6, 6.07) is 2.43. The first-order valence-electron chi connectivity index (χ1n) is 12.1. The zero-order valence-corrected chi connectivity index (χ0v) is 19.4. The number of rotatable bonds is 10. The summed E-state index contributed by atoms with van der Waals surface area (Å²) in [7, 11) is 0. The molecule has 0 spiro atoms. The first-order chi connectivity index (χ1) is 16.3. The molecular weight excluding hydrogens is 451 g/mol. The predicted molar refractivity (Wildman–Crippen MR) is 121 cm³/mol. The summed E-state index contributed by atoms with van der Waals surface area (Å²) in [5.74, 6) is -9.28. The van der Waals surface area contributed by atoms with Crippen molar-refractivity contribution in [1.29, 1.82) is 0 Å². The first kappa shape index (κ1) is 26.2. The van der Waals surface area contributed by atoms with Crippen molar-refractivity contribution in [2.24, 2.45) is 5.92 Å². The normalized spacial score (nSPS) is 18.3. The van der Waals surface area contributed by atoms with Crippen molar-refractivity contribution >= 4 is 5.97 Å². The number of hydrogen-bond acceptors (Lipinski definition) is 1. The number of halogens is 5. The Hall–Kier alpha value is -2.44. The molecule has 0 atom stereocenters. The van der Waals surface area contributed by atoms with Crippen LogP contribution in [0.3, 0.4) is 0 Å². The van der Waals surface area contributed by atoms with Gasteiger partial charge in [0, 0.05) is 11.1 Å². The second kappa shape index (κ2) is 11.8. The van der Waals surface area contributed by atoms with Crippen LogP contribution in [0, 0.1) is 35.0 Å². The first-order valence-corrected chi connectivity index (χ1v) is 12.1. The lowest BCUT2D eigenvalue weighted by Crippen LogP contribution is -2.17. The standard InChI is InChI=1S/C27H31F5O2/c1-2-3-4-5-6-7-8-16-9-11-17(12-10-16)19-15-21(29)23(27(33)34)26(32)22(19)18-13-14-20(28)25(31)24(18)30/h13-17H,2-12H2,1H3,(H,33,34). The summed E-state index contributed by atoms with van der Waals surface area (Å²) in [6.07, 6.45) is 11.2. The van der Waals surface area contributed by atoms with Crippen molar-refractivity contribution in [2.75, 3.05) is 0 Å². The van der Waals surface area contributed by atoms with Crippen LogP contribution in [0.15, 0.2) is 18.2 Å². The largest absolute Gasteiger partial charge is 0.477 e. The van der Waals surface area contributed by atoms with Crippen LogP contribution in [-0.2, 0) is 0 Å². The molecule has 0 unspecified atom stereocenters. The molecule has 3 rings (SSSR count). The predicted octanol–water partition coefficient (Wildman–Crippen LogP) is 8.77. The third-order valence-electron chi connectivity index (χ3n) is 7.02. The van der Waals surface area contributed by atoms with Crippen molar-refractivity contribution in [3.8, 4) is 11.1 Å². The number of aromatic carboxylic acids is 1. The second-order valence-electron chi connectivity index (χ2n) is 9.31. The fraction of sp³-hybridized carbons (Fsp3) is 0.519. The Kier molecular flexibility index (Phi) is 9.09. The number of carboxylic acids is 1. The van der Waals surface area contributed by atoms with Gasteiger partial charge in [0.1, 0.15) is 17.2 Å². The van der Waals surface area contributed by atoms with Gasteiger partial charge in [0.25, 0.3) is 0 Å². The summed E-state index contributed by atoms with van der Waals surface area (Å²) >= 11 is 0. The molecule has 0 saturated heterocycles. The maximum Gasteiger partial charge on any atom is 0.341 e. The number of hydrogen-bond donors (Lipinski definition) is 1. The van der Waals surface area contributed by atoms with Gasteiger partial charge in [-0.2, -0.15) is 0 Å². The lowest BCUT2D eigenvalue weighted by Gasteiger charge is -2.30. The molecule has 0 amide bonds. The molecule has 1 saturated carbocycles. The van der Waals surface area contributed by atoms with Gasteiger partial charge < -0.3 is 5.11 Å². The van der Waals surface area contributed by atoms with E-state index in [-0.39, 0.29) is 11.5 Å². The highest BCUT2D eigenvalue weighted by Gasteiger charge is 2.32. The van der Waals surface area contributed by atoms with Gasteiger partial charge >= 0.3 is 5.97 Å². The molecule has 2 aromatic rings. The van der Waals surface area contributed by atoms with E-state index >= 15 is 4.39 Å². The molecule has 2 aromatic carbocycles. The Morgan fingerprint density at radius 1 is 0.853 bits per heavy atom. The van der Waals surface area contributed by atoms with Crippen LogP contribution in [0.25, 0.3) is 11.1 Å². The van der Waals surface area contributed by atoms with Gasteiger partial charge in [0.15, 0.2) is 17.5 Å². The Labute approximate surface area is 197 Å². The highest BCUT2D eigenvalue weighted by atomic mass is 19.2. The molecule has 7 heteroatoms. The van der Waals surface area contributed by atoms with Gasteiger partial charge in [-0.1, -0.05) is 51.9 Å². The Bertz CT molecular complexity index is 1010. The van der Waals surface area contributed by atoms with Gasteiger partial charge in [0.05, 0.1) is 0 Å². The maximum absolute atomic E-state index is 15.3. The summed E-state index contributed by atoms with van der Waals surface area (Å²) < 4.78 is 71.8. The number of carboxylic acid groups (broad SMARTS) is 1. The van der Waals surface area contributed by atoms with E-state index in [0.717, 1.165) is 37.8 Å². The fourth-order valence-electron chi connectivity index (χ4n) is 5.12. The second-order valence-corrected chi connectivity index (χ2v) is 9.31. The molecule has 1 fully saturated rings. The van der Waals surface area contributed by atoms with Gasteiger partial charge in [-0.25, -0.2) is 26.7 Å². The Morgan fingerprint density at radius 2 is 1.50 bits per heavy atom. The van der Waals surface area contributed by atoms with Crippen LogP contribution < -0.4 is 0 Å². The third kappa shape index (κ3) is 5.78. The molecule has 0 radical (unpaired) electrons. The molecule has 0 heterocycles. The summed E-state index contributed by atoms with van der Waals surface area (Å²) in [5.41, 5.74) is -2.25. The Balaban J connectivity index is 1.84. The molecular formula is C27H31F5O2. The third-order valence-corrected chi connectivity index (χ3v) is 7.02. The number of unbranched alkanes of at least 4 members (excludes halogenated alkanes) is 5. The van der Waals surface area contributed by atoms with Crippen molar-refractivity contribution in [3.63, 3.8) is 0 Å². The molecule has 34 heavy (non-hydrogen) atoms. The number of carbonyl (C=O) groups is 1. The average molecular weight is 483 g/mol. The lowest BCUT2D eigenvalue weighted by atomic mass is 9.75. The van der Waals surface area contributed by atoms with Crippen molar-refractivity contribution in [3.05, 3.63) is 58.4 Å². The van der Waals surface area contributed by atoms with Crippen molar-refractivity contribution in [2.45, 2.75) is 83.5 Å². The van der Waals surface area contributed by atoms with Gasteiger partial charge in [-0.15, -0.1) is 0 Å². The molecule has 0 aliphatic heterocycles. The van der Waals surface area contributed by atoms with Gasteiger partial charge in [-0.3, -0.25) is 0 Å². The quantitative estimate of drug-likeness (QED) is 0.209. The van der Waals surface area contributed by atoms with Crippen LogP contribution >= 0.6 is 0 Å².